The summed E-state index contributed by atoms with van der Waals surface area (Å²) in [6.07, 6.45) is 5.67. The topological polar surface area (TPSA) is 17.0 Å². The number of aromatic nitrogens is 1. The molecule has 1 saturated carbocycles. The van der Waals surface area contributed by atoms with Gasteiger partial charge in [0.25, 0.3) is 0 Å². The van der Waals surface area contributed by atoms with E-state index in [0.717, 1.165) is 23.9 Å². The lowest BCUT2D eigenvalue weighted by molar-refractivity contribution is 0.517. The zero-order chi connectivity index (χ0) is 16.5. The van der Waals surface area contributed by atoms with Crippen molar-refractivity contribution in [3.63, 3.8) is 0 Å². The van der Waals surface area contributed by atoms with E-state index in [1.165, 1.54) is 24.0 Å². The van der Waals surface area contributed by atoms with Crippen LogP contribution in [0.1, 0.15) is 36.3 Å². The van der Waals surface area contributed by atoms with Gasteiger partial charge in [-0.3, -0.25) is 0 Å². The van der Waals surface area contributed by atoms with Crippen molar-refractivity contribution in [2.75, 3.05) is 0 Å². The molecule has 124 valence electrons. The van der Waals surface area contributed by atoms with Crippen LogP contribution in [0.3, 0.4) is 0 Å². The highest BCUT2D eigenvalue weighted by Gasteiger charge is 2.27. The fraction of sp³-hybridized carbons (Fsp3) is 0.333. The Morgan fingerprint density at radius 2 is 1.96 bits per heavy atom. The van der Waals surface area contributed by atoms with Crippen LogP contribution < -0.4 is 5.32 Å². The van der Waals surface area contributed by atoms with E-state index in [1.807, 2.05) is 13.1 Å². The molecule has 0 spiro atoms. The summed E-state index contributed by atoms with van der Waals surface area (Å²) in [4.78, 5) is 0. The maximum atomic E-state index is 13.7. The number of rotatable bonds is 4. The van der Waals surface area contributed by atoms with Crippen LogP contribution in [-0.4, -0.2) is 10.6 Å². The fourth-order valence-electron chi connectivity index (χ4n) is 4.03. The second kappa shape index (κ2) is 6.40. The van der Waals surface area contributed by atoms with Crippen LogP contribution in [0.2, 0.25) is 0 Å². The van der Waals surface area contributed by atoms with E-state index in [2.05, 4.69) is 46.4 Å². The van der Waals surface area contributed by atoms with E-state index in [-0.39, 0.29) is 5.82 Å². The van der Waals surface area contributed by atoms with Crippen LogP contribution >= 0.6 is 0 Å². The molecule has 0 bridgehead atoms. The second-order valence-electron chi connectivity index (χ2n) is 6.93. The highest BCUT2D eigenvalue weighted by Crippen LogP contribution is 2.38. The summed E-state index contributed by atoms with van der Waals surface area (Å²) in [7, 11) is 2.05. The number of benzene rings is 2. The monoisotopic (exact) mass is 322 g/mol. The number of nitrogens with one attached hydrogen (secondary N) is 1. The van der Waals surface area contributed by atoms with Gasteiger partial charge >= 0.3 is 0 Å². The third-order valence-electron chi connectivity index (χ3n) is 5.29. The lowest BCUT2D eigenvalue weighted by Crippen LogP contribution is -2.25. The van der Waals surface area contributed by atoms with Crippen LogP contribution in [-0.2, 0) is 13.6 Å². The number of hydrogen-bond donors (Lipinski definition) is 1. The third-order valence-corrected chi connectivity index (χ3v) is 5.29. The molecule has 3 aromatic rings. The van der Waals surface area contributed by atoms with Gasteiger partial charge in [-0.1, -0.05) is 30.3 Å². The number of fused-ring (bicyclic) bond motifs is 1. The number of nitrogens with zero attached hydrogens (tertiary/aromatic N) is 1. The molecule has 1 aliphatic carbocycles. The Kier molecular flexibility index (Phi) is 4.11. The Hall–Kier alpha value is -2.13. The van der Waals surface area contributed by atoms with Gasteiger partial charge in [0.15, 0.2) is 0 Å². The predicted molar refractivity (Wildman–Crippen MR) is 96.5 cm³/mol. The van der Waals surface area contributed by atoms with Gasteiger partial charge in [-0.05, 0) is 54.5 Å². The van der Waals surface area contributed by atoms with E-state index in [0.29, 0.717) is 12.0 Å². The normalized spacial score (nSPS) is 20.8. The standard InChI is InChI=1S/C21H23FN2/c1-24-14-20(19-12-17(22)8-10-21(19)24)16-7-9-18(11-16)23-13-15-5-3-2-4-6-15/h2-6,8,10,12,14,16,18,23H,7,9,11,13H2,1H3. The molecule has 1 aromatic heterocycles. The molecule has 1 fully saturated rings. The SMILES string of the molecule is Cn1cc(C2CCC(NCc3ccccc3)C2)c2cc(F)ccc21. The summed E-state index contributed by atoms with van der Waals surface area (Å²) in [5.41, 5.74) is 3.75. The minimum absolute atomic E-state index is 0.147. The summed E-state index contributed by atoms with van der Waals surface area (Å²) in [6.45, 7) is 0.919. The smallest absolute Gasteiger partial charge is 0.123 e. The van der Waals surface area contributed by atoms with Gasteiger partial charge in [-0.15, -0.1) is 0 Å². The molecule has 2 unspecified atom stereocenters. The number of aryl methyl sites for hydroxylation is 1. The molecule has 1 heterocycles. The first-order valence-corrected chi connectivity index (χ1v) is 8.72. The lowest BCUT2D eigenvalue weighted by Gasteiger charge is -2.13. The van der Waals surface area contributed by atoms with Crippen molar-refractivity contribution >= 4 is 10.9 Å². The van der Waals surface area contributed by atoms with Gasteiger partial charge in [0.2, 0.25) is 0 Å². The summed E-state index contributed by atoms with van der Waals surface area (Å²) in [5, 5.41) is 4.76. The Bertz CT molecular complexity index is 838. The van der Waals surface area contributed by atoms with Gasteiger partial charge in [0.1, 0.15) is 5.82 Å². The summed E-state index contributed by atoms with van der Waals surface area (Å²) < 4.78 is 15.8. The Morgan fingerprint density at radius 1 is 1.12 bits per heavy atom. The first-order chi connectivity index (χ1) is 11.7. The van der Waals surface area contributed by atoms with Gasteiger partial charge in [-0.2, -0.15) is 0 Å². The lowest BCUT2D eigenvalue weighted by atomic mass is 9.97. The third kappa shape index (κ3) is 2.96. The average molecular weight is 322 g/mol. The van der Waals surface area contributed by atoms with Crippen molar-refractivity contribution in [3.8, 4) is 0 Å². The molecule has 1 aliphatic rings. The molecule has 0 amide bonds. The molecule has 2 aromatic carbocycles. The maximum absolute atomic E-state index is 13.7. The molecule has 3 heteroatoms. The number of halogens is 1. The molecule has 0 saturated heterocycles. The summed E-state index contributed by atoms with van der Waals surface area (Å²) in [5.74, 6) is 0.371. The molecule has 4 rings (SSSR count). The van der Waals surface area contributed by atoms with E-state index in [1.54, 1.807) is 12.1 Å². The van der Waals surface area contributed by atoms with Gasteiger partial charge in [0.05, 0.1) is 0 Å². The minimum atomic E-state index is -0.147. The molecule has 2 nitrogen and oxygen atoms in total. The largest absolute Gasteiger partial charge is 0.350 e. The van der Waals surface area contributed by atoms with E-state index in [9.17, 15) is 4.39 Å². The van der Waals surface area contributed by atoms with Crippen LogP contribution in [0.5, 0.6) is 0 Å². The quantitative estimate of drug-likeness (QED) is 0.734. The Labute approximate surface area is 142 Å². The van der Waals surface area contributed by atoms with Gasteiger partial charge in [-0.25, -0.2) is 4.39 Å². The predicted octanol–water partition coefficient (Wildman–Crippen LogP) is 4.74. The molecule has 0 aliphatic heterocycles. The summed E-state index contributed by atoms with van der Waals surface area (Å²) >= 11 is 0. The van der Waals surface area contributed by atoms with Crippen LogP contribution in [0, 0.1) is 5.82 Å². The molecule has 1 N–H and O–H groups in total. The van der Waals surface area contributed by atoms with Crippen molar-refractivity contribution in [3.05, 3.63) is 71.7 Å². The van der Waals surface area contributed by atoms with E-state index in [4.69, 9.17) is 0 Å². The zero-order valence-electron chi connectivity index (χ0n) is 14.0. The molecule has 24 heavy (non-hydrogen) atoms. The van der Waals surface area contributed by atoms with Crippen molar-refractivity contribution in [2.45, 2.75) is 37.8 Å². The highest BCUT2D eigenvalue weighted by atomic mass is 19.1. The van der Waals surface area contributed by atoms with Crippen LogP contribution in [0.4, 0.5) is 4.39 Å². The van der Waals surface area contributed by atoms with Gasteiger partial charge < -0.3 is 9.88 Å². The minimum Gasteiger partial charge on any atom is -0.350 e. The van der Waals surface area contributed by atoms with Gasteiger partial charge in [0, 0.05) is 36.7 Å². The van der Waals surface area contributed by atoms with Crippen molar-refractivity contribution < 1.29 is 4.39 Å². The number of hydrogen-bond acceptors (Lipinski definition) is 1. The molecule has 0 radical (unpaired) electrons. The van der Waals surface area contributed by atoms with Crippen LogP contribution in [0.15, 0.2) is 54.7 Å². The Morgan fingerprint density at radius 3 is 2.79 bits per heavy atom. The molecular weight excluding hydrogens is 299 g/mol. The first-order valence-electron chi connectivity index (χ1n) is 8.72. The van der Waals surface area contributed by atoms with Crippen molar-refractivity contribution in [2.24, 2.45) is 7.05 Å². The van der Waals surface area contributed by atoms with E-state index >= 15 is 0 Å². The van der Waals surface area contributed by atoms with Crippen molar-refractivity contribution in [1.29, 1.82) is 0 Å². The highest BCUT2D eigenvalue weighted by molar-refractivity contribution is 5.84. The summed E-state index contributed by atoms with van der Waals surface area (Å²) in [6, 6.07) is 16.2. The molecule has 2 atom stereocenters. The van der Waals surface area contributed by atoms with Crippen LogP contribution in [0.25, 0.3) is 10.9 Å². The maximum Gasteiger partial charge on any atom is 0.123 e. The first kappa shape index (κ1) is 15.4. The second-order valence-corrected chi connectivity index (χ2v) is 6.93. The average Bonchev–Trinajstić information content (AvgIpc) is 3.18. The van der Waals surface area contributed by atoms with E-state index < -0.39 is 0 Å². The fourth-order valence-corrected chi connectivity index (χ4v) is 4.03. The Balaban J connectivity index is 1.48. The molecular formula is C21H23FN2. The van der Waals surface area contributed by atoms with Crippen molar-refractivity contribution in [1.82, 2.24) is 9.88 Å². The zero-order valence-corrected chi connectivity index (χ0v) is 14.0.